The first kappa shape index (κ1) is 15.0. The number of fused-ring (bicyclic) bond motifs is 1. The van der Waals surface area contributed by atoms with Crippen LogP contribution in [0.2, 0.25) is 0 Å². The lowest BCUT2D eigenvalue weighted by Gasteiger charge is -2.10. The lowest BCUT2D eigenvalue weighted by Crippen LogP contribution is -2.42. The van der Waals surface area contributed by atoms with Crippen LogP contribution >= 0.6 is 11.3 Å². The van der Waals surface area contributed by atoms with Crippen molar-refractivity contribution in [2.75, 3.05) is 13.2 Å². The highest BCUT2D eigenvalue weighted by molar-refractivity contribution is 7.14. The van der Waals surface area contributed by atoms with Crippen LogP contribution in [0.1, 0.15) is 39.9 Å². The van der Waals surface area contributed by atoms with Gasteiger partial charge in [0.15, 0.2) is 0 Å². The summed E-state index contributed by atoms with van der Waals surface area (Å²) in [5.41, 5.74) is 1.28. The second-order valence-corrected chi connectivity index (χ2v) is 6.24. The molecule has 20 heavy (non-hydrogen) atoms. The van der Waals surface area contributed by atoms with Gasteiger partial charge in [0.05, 0.1) is 18.0 Å². The maximum absolute atomic E-state index is 12.0. The smallest absolute Gasteiger partial charge is 0.261 e. The first-order valence-electron chi connectivity index (χ1n) is 6.90. The van der Waals surface area contributed by atoms with Crippen molar-refractivity contribution in [3.05, 3.63) is 21.4 Å². The van der Waals surface area contributed by atoms with Gasteiger partial charge < -0.3 is 15.7 Å². The second-order valence-electron chi connectivity index (χ2n) is 5.10. The van der Waals surface area contributed by atoms with Crippen LogP contribution in [-0.2, 0) is 17.6 Å². The Morgan fingerprint density at radius 2 is 2.15 bits per heavy atom. The summed E-state index contributed by atoms with van der Waals surface area (Å²) in [5, 5.41) is 14.0. The number of carbonyl (C=O) groups excluding carboxylic acids is 2. The van der Waals surface area contributed by atoms with Crippen molar-refractivity contribution < 1.29 is 14.7 Å². The van der Waals surface area contributed by atoms with Crippen molar-refractivity contribution >= 4 is 23.2 Å². The first-order valence-corrected chi connectivity index (χ1v) is 7.72. The predicted octanol–water partition coefficient (Wildman–Crippen LogP) is 0.854. The van der Waals surface area contributed by atoms with Gasteiger partial charge in [-0.05, 0) is 44.2 Å². The second kappa shape index (κ2) is 6.85. The van der Waals surface area contributed by atoms with E-state index in [1.807, 2.05) is 6.07 Å². The average molecular weight is 296 g/mol. The molecule has 0 fully saturated rings. The number of hydrogen-bond acceptors (Lipinski definition) is 4. The zero-order valence-corrected chi connectivity index (χ0v) is 12.4. The molecule has 3 N–H and O–H groups in total. The van der Waals surface area contributed by atoms with Crippen molar-refractivity contribution in [2.45, 2.75) is 38.6 Å². The zero-order valence-electron chi connectivity index (χ0n) is 11.6. The van der Waals surface area contributed by atoms with Gasteiger partial charge in [-0.25, -0.2) is 0 Å². The Hall–Kier alpha value is -1.40. The molecular weight excluding hydrogens is 276 g/mol. The topological polar surface area (TPSA) is 78.4 Å². The monoisotopic (exact) mass is 296 g/mol. The summed E-state index contributed by atoms with van der Waals surface area (Å²) < 4.78 is 0. The fourth-order valence-corrected chi connectivity index (χ4v) is 3.39. The number of carbonyl (C=O) groups is 2. The van der Waals surface area contributed by atoms with Crippen molar-refractivity contribution in [1.29, 1.82) is 0 Å². The summed E-state index contributed by atoms with van der Waals surface area (Å²) in [5.74, 6) is -0.488. The van der Waals surface area contributed by atoms with E-state index in [1.165, 1.54) is 34.6 Å². The lowest BCUT2D eigenvalue weighted by atomic mass is 9.99. The van der Waals surface area contributed by atoms with Crippen molar-refractivity contribution in [1.82, 2.24) is 10.6 Å². The van der Waals surface area contributed by atoms with Gasteiger partial charge in [-0.3, -0.25) is 9.59 Å². The highest BCUT2D eigenvalue weighted by Crippen LogP contribution is 2.29. The van der Waals surface area contributed by atoms with E-state index < -0.39 is 0 Å². The maximum Gasteiger partial charge on any atom is 0.261 e. The number of hydrogen-bond donors (Lipinski definition) is 3. The minimum atomic E-state index is -0.298. The number of thiophene rings is 1. The Kier molecular flexibility index (Phi) is 5.14. The Balaban J connectivity index is 1.85. The Morgan fingerprint density at radius 3 is 2.85 bits per heavy atom. The van der Waals surface area contributed by atoms with Gasteiger partial charge in [-0.15, -0.1) is 11.3 Å². The van der Waals surface area contributed by atoms with Gasteiger partial charge in [0.25, 0.3) is 5.91 Å². The van der Waals surface area contributed by atoms with Crippen molar-refractivity contribution in [3.8, 4) is 0 Å². The normalized spacial score (nSPS) is 15.3. The molecule has 1 aromatic heterocycles. The number of amides is 2. The number of nitrogens with one attached hydrogen (secondary N) is 2. The molecule has 1 aliphatic carbocycles. The SMILES string of the molecule is CC(CO)NC(=O)CNC(=O)c1cc2c(s1)CCCC2. The van der Waals surface area contributed by atoms with E-state index in [0.717, 1.165) is 12.8 Å². The van der Waals surface area contributed by atoms with Crippen LogP contribution in [0.3, 0.4) is 0 Å². The standard InChI is InChI=1S/C14H20N2O3S/c1-9(8-17)16-13(18)7-15-14(19)12-6-10-4-2-3-5-11(10)20-12/h6,9,17H,2-5,7-8H2,1H3,(H,15,19)(H,16,18). The molecule has 2 rings (SSSR count). The molecule has 2 amide bonds. The van der Waals surface area contributed by atoms with E-state index in [0.29, 0.717) is 4.88 Å². The quantitative estimate of drug-likeness (QED) is 0.754. The minimum Gasteiger partial charge on any atom is -0.394 e. The van der Waals surface area contributed by atoms with Crippen LogP contribution in [0.4, 0.5) is 0 Å². The van der Waals surface area contributed by atoms with Crippen LogP contribution in [0.25, 0.3) is 0 Å². The number of aryl methyl sites for hydroxylation is 2. The van der Waals surface area contributed by atoms with Crippen LogP contribution in [-0.4, -0.2) is 36.1 Å². The van der Waals surface area contributed by atoms with E-state index in [2.05, 4.69) is 10.6 Å². The van der Waals surface area contributed by atoms with Gasteiger partial charge in [-0.2, -0.15) is 0 Å². The Labute approximate surface area is 122 Å². The molecule has 0 radical (unpaired) electrons. The summed E-state index contributed by atoms with van der Waals surface area (Å²) in [6.45, 7) is 1.52. The fraction of sp³-hybridized carbons (Fsp3) is 0.571. The van der Waals surface area contributed by atoms with Gasteiger partial charge in [-0.1, -0.05) is 0 Å². The van der Waals surface area contributed by atoms with Crippen molar-refractivity contribution in [3.63, 3.8) is 0 Å². The molecule has 1 unspecified atom stereocenters. The molecule has 0 spiro atoms. The molecule has 1 atom stereocenters. The van der Waals surface area contributed by atoms with E-state index in [-0.39, 0.29) is 31.0 Å². The molecule has 1 aromatic rings. The van der Waals surface area contributed by atoms with Gasteiger partial charge in [0, 0.05) is 10.9 Å². The minimum absolute atomic E-state index is 0.0638. The number of rotatable bonds is 5. The Morgan fingerprint density at radius 1 is 1.40 bits per heavy atom. The maximum atomic E-state index is 12.0. The van der Waals surface area contributed by atoms with Crippen LogP contribution in [0.5, 0.6) is 0 Å². The summed E-state index contributed by atoms with van der Waals surface area (Å²) in [6.07, 6.45) is 4.48. The average Bonchev–Trinajstić information content (AvgIpc) is 2.88. The van der Waals surface area contributed by atoms with E-state index in [9.17, 15) is 9.59 Å². The van der Waals surface area contributed by atoms with Crippen LogP contribution in [0, 0.1) is 0 Å². The van der Waals surface area contributed by atoms with Crippen LogP contribution < -0.4 is 10.6 Å². The molecule has 0 saturated carbocycles. The van der Waals surface area contributed by atoms with Gasteiger partial charge >= 0.3 is 0 Å². The van der Waals surface area contributed by atoms with Gasteiger partial charge in [0.1, 0.15) is 0 Å². The number of aliphatic hydroxyl groups is 1. The molecule has 0 aliphatic heterocycles. The Bertz CT molecular complexity index is 475. The molecule has 0 aromatic carbocycles. The molecule has 0 saturated heterocycles. The molecule has 0 bridgehead atoms. The molecule has 110 valence electrons. The highest BCUT2D eigenvalue weighted by Gasteiger charge is 2.17. The summed E-state index contributed by atoms with van der Waals surface area (Å²) in [7, 11) is 0. The lowest BCUT2D eigenvalue weighted by molar-refractivity contribution is -0.121. The molecule has 6 heteroatoms. The molecule has 1 heterocycles. The predicted molar refractivity (Wildman–Crippen MR) is 78.0 cm³/mol. The third kappa shape index (κ3) is 3.80. The molecular formula is C14H20N2O3S. The third-order valence-electron chi connectivity index (χ3n) is 3.31. The van der Waals surface area contributed by atoms with E-state index in [1.54, 1.807) is 6.92 Å². The molecule has 5 nitrogen and oxygen atoms in total. The van der Waals surface area contributed by atoms with E-state index >= 15 is 0 Å². The van der Waals surface area contributed by atoms with Crippen LogP contribution in [0.15, 0.2) is 6.07 Å². The summed E-state index contributed by atoms with van der Waals surface area (Å²) in [6, 6.07) is 1.65. The third-order valence-corrected chi connectivity index (χ3v) is 4.55. The summed E-state index contributed by atoms with van der Waals surface area (Å²) in [4.78, 5) is 25.5. The summed E-state index contributed by atoms with van der Waals surface area (Å²) >= 11 is 1.53. The fourth-order valence-electron chi connectivity index (χ4n) is 2.22. The van der Waals surface area contributed by atoms with Crippen molar-refractivity contribution in [2.24, 2.45) is 0 Å². The van der Waals surface area contributed by atoms with E-state index in [4.69, 9.17) is 5.11 Å². The molecule has 1 aliphatic rings. The highest BCUT2D eigenvalue weighted by atomic mass is 32.1. The number of aliphatic hydroxyl groups excluding tert-OH is 1. The largest absolute Gasteiger partial charge is 0.394 e. The first-order chi connectivity index (χ1) is 9.60. The van der Waals surface area contributed by atoms with Gasteiger partial charge in [0.2, 0.25) is 5.91 Å². The zero-order chi connectivity index (χ0) is 14.5.